The lowest BCUT2D eigenvalue weighted by atomic mass is 9.48. The molecule has 3 saturated carbocycles. The highest BCUT2D eigenvalue weighted by atomic mass is 16.7. The molecule has 0 unspecified atom stereocenters. The molecule has 1 spiro atoms. The summed E-state index contributed by atoms with van der Waals surface area (Å²) in [5.41, 5.74) is 6.89. The Morgan fingerprint density at radius 3 is 2.71 bits per heavy atom. The van der Waals surface area contributed by atoms with Gasteiger partial charge in [-0.25, -0.2) is 0 Å². The molecule has 4 aromatic carbocycles. The third-order valence-electron chi connectivity index (χ3n) is 21.2. The van der Waals surface area contributed by atoms with Crippen LogP contribution in [0.15, 0.2) is 60.8 Å². The van der Waals surface area contributed by atoms with E-state index in [2.05, 4.69) is 47.4 Å². The Balaban J connectivity index is 0.914. The molecule has 14 heteroatoms. The number of rotatable bonds is 3. The molecule has 1 amide bonds. The number of carbonyl (C=O) groups excluding carboxylic acids is 2. The first-order chi connectivity index (χ1) is 38.4. The number of allylic oxidation sites excluding steroid dienone is 3. The Morgan fingerprint density at radius 1 is 0.949 bits per heavy atom. The number of Topliss-reactive ketones (excluding diaryl/α,β-unsaturated/α-hetero) is 1. The molecule has 16 rings (SSSR count). The number of hydrogen-bond acceptors (Lipinski definition) is 12. The van der Waals surface area contributed by atoms with E-state index in [0.717, 1.165) is 114 Å². The van der Waals surface area contributed by atoms with E-state index in [4.69, 9.17) is 23.7 Å². The number of H-pyrrole nitrogens is 1. The van der Waals surface area contributed by atoms with Crippen molar-refractivity contribution in [3.05, 3.63) is 122 Å². The highest BCUT2D eigenvalue weighted by molar-refractivity contribution is 6.17. The van der Waals surface area contributed by atoms with Crippen molar-refractivity contribution >= 4 is 45.0 Å². The molecule has 4 fully saturated rings. The predicted molar refractivity (Wildman–Crippen MR) is 291 cm³/mol. The molecule has 14 nitrogen and oxygen atoms in total. The number of hydrogen-bond donors (Lipinski definition) is 6. The first kappa shape index (κ1) is 48.5. The molecule has 5 heterocycles. The minimum absolute atomic E-state index is 0.0159. The number of methoxy groups -OCH3 is 1. The summed E-state index contributed by atoms with van der Waals surface area (Å²) in [6, 6.07) is 9.98. The number of ketones is 1. The Kier molecular flexibility index (Phi) is 10.6. The molecule has 5 aromatic rings. The van der Waals surface area contributed by atoms with Crippen LogP contribution in [0.3, 0.4) is 0 Å². The normalized spacial score (nSPS) is 35.6. The van der Waals surface area contributed by atoms with Crippen LogP contribution in [0.25, 0.3) is 33.3 Å². The summed E-state index contributed by atoms with van der Waals surface area (Å²) in [6.07, 6.45) is 19.3. The first-order valence-electron chi connectivity index (χ1n) is 28.8. The Labute approximate surface area is 457 Å². The number of fused-ring (bicyclic) bond motifs is 10. The van der Waals surface area contributed by atoms with Crippen molar-refractivity contribution in [1.82, 2.24) is 9.88 Å². The number of aliphatic hydroxyl groups is 4. The number of aliphatic hydroxyl groups excluding tert-OH is 2. The maximum absolute atomic E-state index is 15.5. The molecule has 4 aliphatic heterocycles. The van der Waals surface area contributed by atoms with E-state index in [1.807, 2.05) is 24.4 Å². The van der Waals surface area contributed by atoms with E-state index in [9.17, 15) is 30.3 Å². The lowest BCUT2D eigenvalue weighted by Gasteiger charge is -2.59. The fourth-order valence-electron chi connectivity index (χ4n) is 17.6. The number of aromatic hydroxyl groups is 1. The smallest absolute Gasteiger partial charge is 0.254 e. The predicted octanol–water partition coefficient (Wildman–Crippen LogP) is 8.29. The van der Waals surface area contributed by atoms with Crippen molar-refractivity contribution in [1.29, 1.82) is 0 Å². The van der Waals surface area contributed by atoms with Gasteiger partial charge >= 0.3 is 0 Å². The molecule has 12 bridgehead atoms. The summed E-state index contributed by atoms with van der Waals surface area (Å²) in [6.45, 7) is -1.37. The van der Waals surface area contributed by atoms with Gasteiger partial charge in [-0.15, -0.1) is 0 Å². The van der Waals surface area contributed by atoms with Crippen molar-refractivity contribution in [2.75, 3.05) is 26.9 Å². The first-order valence-corrected chi connectivity index (χ1v) is 28.8. The average Bonchev–Trinajstić information content (AvgIpc) is 3.68. The Hall–Kier alpha value is -6.44. The maximum atomic E-state index is 15.5. The summed E-state index contributed by atoms with van der Waals surface area (Å²) in [5.74, 6) is 3.34. The van der Waals surface area contributed by atoms with E-state index in [1.54, 1.807) is 19.2 Å². The second kappa shape index (κ2) is 17.3. The van der Waals surface area contributed by atoms with Gasteiger partial charge in [-0.3, -0.25) is 9.59 Å². The highest BCUT2D eigenvalue weighted by Gasteiger charge is 2.61. The molecule has 11 aliphatic rings. The van der Waals surface area contributed by atoms with Gasteiger partial charge in [-0.05, 0) is 157 Å². The molecule has 6 N–H and O–H groups in total. The lowest BCUT2D eigenvalue weighted by molar-refractivity contribution is -0.328. The van der Waals surface area contributed by atoms with E-state index >= 15 is 4.79 Å². The van der Waals surface area contributed by atoms with Gasteiger partial charge in [-0.1, -0.05) is 55.2 Å². The van der Waals surface area contributed by atoms with E-state index < -0.39 is 54.3 Å². The lowest BCUT2D eigenvalue weighted by Crippen LogP contribution is -2.70. The fraction of sp³-hybridized carbons (Fsp3) is 0.477. The van der Waals surface area contributed by atoms with E-state index in [1.165, 1.54) is 16.0 Å². The maximum Gasteiger partial charge on any atom is 0.254 e. The van der Waals surface area contributed by atoms with Gasteiger partial charge in [0, 0.05) is 58.1 Å². The van der Waals surface area contributed by atoms with Crippen LogP contribution in [0.4, 0.5) is 0 Å². The van der Waals surface area contributed by atoms with E-state index in [-0.39, 0.29) is 83.6 Å². The topological polar surface area (TPSA) is 200 Å². The molecule has 13 atom stereocenters. The highest BCUT2D eigenvalue weighted by Crippen LogP contribution is 2.64. The van der Waals surface area contributed by atoms with Gasteiger partial charge in [-0.2, -0.15) is 0 Å². The fourth-order valence-corrected chi connectivity index (χ4v) is 17.6. The van der Waals surface area contributed by atoms with Crippen LogP contribution in [-0.2, 0) is 45.4 Å². The zero-order chi connectivity index (χ0) is 53.4. The summed E-state index contributed by atoms with van der Waals surface area (Å²) >= 11 is 0. The van der Waals surface area contributed by atoms with Crippen LogP contribution in [0, 0.1) is 35.7 Å². The molecular formula is C65H64N2O12. The number of phenolic OH excluding ortho intramolecular Hbond substituents is 1. The zero-order valence-electron chi connectivity index (χ0n) is 44.2. The summed E-state index contributed by atoms with van der Waals surface area (Å²) in [5, 5.41) is 64.5. The van der Waals surface area contributed by atoms with Crippen molar-refractivity contribution in [3.8, 4) is 29.3 Å². The monoisotopic (exact) mass is 1060 g/mol. The number of nitrogens with one attached hydrogen (secondary N) is 1. The number of ether oxygens (including phenoxy) is 5. The number of aryl methyl sites for hydroxylation is 2. The molecular weight excluding hydrogens is 1000 g/mol. The molecule has 0 radical (unpaired) electrons. The molecule has 79 heavy (non-hydrogen) atoms. The Bertz CT molecular complexity index is 3690. The van der Waals surface area contributed by atoms with Crippen LogP contribution in [0.2, 0.25) is 0 Å². The third-order valence-corrected chi connectivity index (χ3v) is 21.2. The van der Waals surface area contributed by atoms with Crippen LogP contribution in [0.1, 0.15) is 147 Å². The van der Waals surface area contributed by atoms with Crippen molar-refractivity contribution in [3.63, 3.8) is 0 Å². The standard InChI is InChI=1S/C65H64N2O12/c1-75-58-40-16-14-35-22-33-7-3-10-38(33)52-51(35)53(40)55-57(71)54(52)48(69)28-67-27-44-32(6-2-11-39(44)61(67)72)8-5-21-76-60-56(70)50-29-77-49(18-17-41(58)59(55)79-62(78-50)65(60,74)31-68)43-26-66-47-23-34-19-20-63(46(34)24-42(43)47)25-36-13-15-37-9-4-12-45(36)64(37,73)30-63/h2,6,11,13,15,17-18,22-24,26,33,36-38,45,49-50,56,60,62,66,68,70-71,73-74H,3-4,7-10,12,14,16,19-20,25,27-31H2,1H3/b18-17+/t33-,36-,37+,38+,45-,49+,50+,56+,60-,62+,63-,64+,65+/m0/s1. The number of carbonyl (C=O) groups is 2. The molecule has 1 saturated heterocycles. The van der Waals surface area contributed by atoms with Crippen molar-refractivity contribution in [2.45, 2.75) is 143 Å². The van der Waals surface area contributed by atoms with Crippen molar-refractivity contribution < 1.29 is 58.8 Å². The minimum atomic E-state index is -2.47. The number of nitrogens with zero attached hydrogens (tertiary/aromatic N) is 1. The SMILES string of the molecule is COc1c2c3c4c(O)c(c5c6c4c1CCC6=C[C@@H]1CCC[C@@H]51)C(=O)CN1Cc4c(cccc4C1=O)CC#CO[C@H]1[C@H](O)[C@@H](CO[C@@H](c4c[nH]c5cc6c(cc45)[C@@]4(CC6)C[C@@H]5C=C[C@H]6CCC[C@@H]5[C@@]6(O)C4)/C=C/2)O[C@H](O3)[C@@]1(O)CO. The number of phenols is 1. The molecule has 406 valence electrons. The summed E-state index contributed by atoms with van der Waals surface area (Å²) in [4.78, 5) is 34.9. The molecule has 1 aromatic heterocycles. The van der Waals surface area contributed by atoms with Gasteiger partial charge in [0.25, 0.3) is 5.91 Å². The second-order valence-corrected chi connectivity index (χ2v) is 25.0. The van der Waals surface area contributed by atoms with Gasteiger partial charge in [0.15, 0.2) is 17.5 Å². The third kappa shape index (κ3) is 6.69. The second-order valence-electron chi connectivity index (χ2n) is 25.0. The van der Waals surface area contributed by atoms with Crippen LogP contribution in [0.5, 0.6) is 17.2 Å². The number of aromatic nitrogens is 1. The summed E-state index contributed by atoms with van der Waals surface area (Å²) in [7, 11) is 1.60. The van der Waals surface area contributed by atoms with Gasteiger partial charge in [0.2, 0.25) is 6.29 Å². The van der Waals surface area contributed by atoms with Crippen LogP contribution in [-0.4, -0.2) is 110 Å². The number of benzene rings is 4. The van der Waals surface area contributed by atoms with Gasteiger partial charge in [0.05, 0.1) is 49.0 Å². The van der Waals surface area contributed by atoms with Gasteiger partial charge < -0.3 is 59.1 Å². The Morgan fingerprint density at radius 2 is 1.84 bits per heavy atom. The quantitative estimate of drug-likeness (QED) is 0.0748. The molecule has 7 aliphatic carbocycles. The number of aromatic amines is 1. The number of amides is 1. The minimum Gasteiger partial charge on any atom is -0.506 e. The van der Waals surface area contributed by atoms with Crippen molar-refractivity contribution in [2.24, 2.45) is 23.7 Å². The van der Waals surface area contributed by atoms with Crippen LogP contribution < -0.4 is 9.47 Å². The van der Waals surface area contributed by atoms with E-state index in [0.29, 0.717) is 41.0 Å². The summed E-state index contributed by atoms with van der Waals surface area (Å²) < 4.78 is 33.4. The largest absolute Gasteiger partial charge is 0.506 e. The zero-order valence-corrected chi connectivity index (χ0v) is 44.2. The van der Waals surface area contributed by atoms with Crippen LogP contribution >= 0.6 is 0 Å². The van der Waals surface area contributed by atoms with Gasteiger partial charge in [0.1, 0.15) is 41.7 Å². The average molecular weight is 1070 g/mol.